The van der Waals surface area contributed by atoms with Gasteiger partial charge in [-0.25, -0.2) is 0 Å². The fraction of sp³-hybridized carbons (Fsp3) is 0.130. The average molecular weight is 390 g/mol. The van der Waals surface area contributed by atoms with Crippen molar-refractivity contribution >= 4 is 34.6 Å². The molecule has 0 radical (unpaired) electrons. The van der Waals surface area contributed by atoms with Crippen LogP contribution in [0.4, 0.5) is 11.4 Å². The molecule has 0 aromatic heterocycles. The third kappa shape index (κ3) is 5.66. The number of aryl methyl sites for hydroxylation is 1. The SMILES string of the molecule is Cc1ccc(NC(=S)Nc2ccccc2C(=O)NCCc2ccccc2)cc1. The van der Waals surface area contributed by atoms with Gasteiger partial charge in [0.05, 0.1) is 11.3 Å². The van der Waals surface area contributed by atoms with E-state index < -0.39 is 0 Å². The Morgan fingerprint density at radius 3 is 2.29 bits per heavy atom. The van der Waals surface area contributed by atoms with Gasteiger partial charge in [-0.3, -0.25) is 4.79 Å². The summed E-state index contributed by atoms with van der Waals surface area (Å²) in [5.74, 6) is -0.128. The number of thiocarbonyl (C=S) groups is 1. The summed E-state index contributed by atoms with van der Waals surface area (Å²) < 4.78 is 0. The van der Waals surface area contributed by atoms with Crippen molar-refractivity contribution in [3.05, 3.63) is 95.6 Å². The smallest absolute Gasteiger partial charge is 0.253 e. The van der Waals surface area contributed by atoms with Crippen molar-refractivity contribution in [1.29, 1.82) is 0 Å². The molecule has 3 rings (SSSR count). The molecule has 142 valence electrons. The van der Waals surface area contributed by atoms with Crippen molar-refractivity contribution in [2.45, 2.75) is 13.3 Å². The lowest BCUT2D eigenvalue weighted by atomic mass is 10.1. The number of para-hydroxylation sites is 1. The van der Waals surface area contributed by atoms with E-state index in [-0.39, 0.29) is 5.91 Å². The summed E-state index contributed by atoms with van der Waals surface area (Å²) in [5, 5.41) is 9.67. The lowest BCUT2D eigenvalue weighted by Gasteiger charge is -2.14. The van der Waals surface area contributed by atoms with Gasteiger partial charge in [-0.2, -0.15) is 0 Å². The van der Waals surface area contributed by atoms with Gasteiger partial charge in [0.2, 0.25) is 0 Å². The summed E-state index contributed by atoms with van der Waals surface area (Å²) in [4.78, 5) is 12.6. The van der Waals surface area contributed by atoms with Gasteiger partial charge in [0, 0.05) is 12.2 Å². The maximum atomic E-state index is 12.6. The third-order valence-corrected chi connectivity index (χ3v) is 4.48. The number of hydrogen-bond donors (Lipinski definition) is 3. The summed E-state index contributed by atoms with van der Waals surface area (Å²) in [6.45, 7) is 2.61. The molecule has 1 amide bonds. The maximum Gasteiger partial charge on any atom is 0.253 e. The van der Waals surface area contributed by atoms with Gasteiger partial charge in [0.15, 0.2) is 5.11 Å². The van der Waals surface area contributed by atoms with Gasteiger partial charge in [-0.05, 0) is 55.4 Å². The topological polar surface area (TPSA) is 53.2 Å². The van der Waals surface area contributed by atoms with E-state index in [2.05, 4.69) is 28.1 Å². The highest BCUT2D eigenvalue weighted by Crippen LogP contribution is 2.16. The van der Waals surface area contributed by atoms with Crippen LogP contribution >= 0.6 is 12.2 Å². The zero-order valence-electron chi connectivity index (χ0n) is 15.7. The Labute approximate surface area is 171 Å². The molecule has 0 saturated carbocycles. The van der Waals surface area contributed by atoms with Gasteiger partial charge < -0.3 is 16.0 Å². The standard InChI is InChI=1S/C23H23N3OS/c1-17-11-13-19(14-12-17)25-23(28)26-21-10-6-5-9-20(21)22(27)24-16-15-18-7-3-2-4-8-18/h2-14H,15-16H2,1H3,(H,24,27)(H2,25,26,28). The fourth-order valence-electron chi connectivity index (χ4n) is 2.77. The van der Waals surface area contributed by atoms with Gasteiger partial charge in [0.25, 0.3) is 5.91 Å². The van der Waals surface area contributed by atoms with Gasteiger partial charge in [-0.1, -0.05) is 60.2 Å². The van der Waals surface area contributed by atoms with Gasteiger partial charge >= 0.3 is 0 Å². The van der Waals surface area contributed by atoms with Gasteiger partial charge in [0.1, 0.15) is 0 Å². The summed E-state index contributed by atoms with van der Waals surface area (Å²) in [6, 6.07) is 25.4. The Balaban J connectivity index is 1.59. The highest BCUT2D eigenvalue weighted by atomic mass is 32.1. The third-order valence-electron chi connectivity index (χ3n) is 4.27. The predicted molar refractivity (Wildman–Crippen MR) is 120 cm³/mol. The van der Waals surface area contributed by atoms with Crippen molar-refractivity contribution in [1.82, 2.24) is 5.32 Å². The number of benzene rings is 3. The second-order valence-electron chi connectivity index (χ2n) is 6.48. The van der Waals surface area contributed by atoms with Crippen molar-refractivity contribution in [2.24, 2.45) is 0 Å². The van der Waals surface area contributed by atoms with Crippen LogP contribution < -0.4 is 16.0 Å². The summed E-state index contributed by atoms with van der Waals surface area (Å²) in [5.41, 5.74) is 4.50. The van der Waals surface area contributed by atoms with Crippen LogP contribution in [0, 0.1) is 6.92 Å². The number of amides is 1. The van der Waals surface area contributed by atoms with Crippen LogP contribution in [-0.4, -0.2) is 17.6 Å². The number of nitrogens with one attached hydrogen (secondary N) is 3. The zero-order valence-corrected chi connectivity index (χ0v) is 16.6. The molecular weight excluding hydrogens is 366 g/mol. The minimum Gasteiger partial charge on any atom is -0.352 e. The molecule has 4 nitrogen and oxygen atoms in total. The molecule has 0 aliphatic heterocycles. The van der Waals surface area contributed by atoms with Crippen molar-refractivity contribution in [2.75, 3.05) is 17.2 Å². The monoisotopic (exact) mass is 389 g/mol. The molecule has 0 unspecified atom stereocenters. The minimum atomic E-state index is -0.128. The van der Waals surface area contributed by atoms with Crippen LogP contribution in [0.5, 0.6) is 0 Å². The van der Waals surface area contributed by atoms with E-state index >= 15 is 0 Å². The van der Waals surface area contributed by atoms with Crippen LogP contribution in [0.3, 0.4) is 0 Å². The molecule has 0 aliphatic carbocycles. The number of carbonyl (C=O) groups excluding carboxylic acids is 1. The molecule has 0 spiro atoms. The zero-order chi connectivity index (χ0) is 19.8. The Kier molecular flexibility index (Phi) is 6.76. The Morgan fingerprint density at radius 2 is 1.54 bits per heavy atom. The van der Waals surface area contributed by atoms with Crippen LogP contribution in [0.1, 0.15) is 21.5 Å². The quantitative estimate of drug-likeness (QED) is 0.531. The highest BCUT2D eigenvalue weighted by Gasteiger charge is 2.11. The summed E-state index contributed by atoms with van der Waals surface area (Å²) in [7, 11) is 0. The maximum absolute atomic E-state index is 12.6. The van der Waals surface area contributed by atoms with Crippen LogP contribution in [0.2, 0.25) is 0 Å². The highest BCUT2D eigenvalue weighted by molar-refractivity contribution is 7.80. The largest absolute Gasteiger partial charge is 0.352 e. The molecule has 3 N–H and O–H groups in total. The molecule has 0 atom stereocenters. The minimum absolute atomic E-state index is 0.128. The van der Waals surface area contributed by atoms with E-state index in [1.807, 2.05) is 67.6 Å². The van der Waals surface area contributed by atoms with E-state index in [0.717, 1.165) is 12.1 Å². The first-order valence-electron chi connectivity index (χ1n) is 9.17. The summed E-state index contributed by atoms with van der Waals surface area (Å²) >= 11 is 5.39. The molecule has 0 bridgehead atoms. The molecule has 0 saturated heterocycles. The predicted octanol–water partition coefficient (Wildman–Crippen LogP) is 4.78. The Bertz CT molecular complexity index is 940. The molecule has 0 aliphatic rings. The van der Waals surface area contributed by atoms with Crippen molar-refractivity contribution in [3.8, 4) is 0 Å². The molecule has 5 heteroatoms. The first kappa shape index (κ1) is 19.6. The molecule has 3 aromatic rings. The van der Waals surface area contributed by atoms with Crippen LogP contribution in [0.15, 0.2) is 78.9 Å². The number of anilines is 2. The Morgan fingerprint density at radius 1 is 0.857 bits per heavy atom. The van der Waals surface area contributed by atoms with Crippen molar-refractivity contribution < 1.29 is 4.79 Å². The summed E-state index contributed by atoms with van der Waals surface area (Å²) in [6.07, 6.45) is 0.787. The van der Waals surface area contributed by atoms with E-state index in [1.54, 1.807) is 6.07 Å². The fourth-order valence-corrected chi connectivity index (χ4v) is 3.00. The van der Waals surface area contributed by atoms with Crippen LogP contribution in [-0.2, 0) is 6.42 Å². The molecule has 28 heavy (non-hydrogen) atoms. The number of carbonyl (C=O) groups is 1. The molecule has 3 aromatic carbocycles. The van der Waals surface area contributed by atoms with E-state index in [1.165, 1.54) is 11.1 Å². The van der Waals surface area contributed by atoms with E-state index in [9.17, 15) is 4.79 Å². The lowest BCUT2D eigenvalue weighted by Crippen LogP contribution is -2.28. The molecular formula is C23H23N3OS. The average Bonchev–Trinajstić information content (AvgIpc) is 2.71. The van der Waals surface area contributed by atoms with Crippen molar-refractivity contribution in [3.63, 3.8) is 0 Å². The number of rotatable bonds is 6. The molecule has 0 heterocycles. The number of hydrogen-bond acceptors (Lipinski definition) is 2. The first-order valence-corrected chi connectivity index (χ1v) is 9.58. The van der Waals surface area contributed by atoms with Gasteiger partial charge in [-0.15, -0.1) is 0 Å². The Hall–Kier alpha value is -3.18. The first-order chi connectivity index (χ1) is 13.6. The second kappa shape index (κ2) is 9.67. The van der Waals surface area contributed by atoms with Crippen LogP contribution in [0.25, 0.3) is 0 Å². The van der Waals surface area contributed by atoms with E-state index in [4.69, 9.17) is 12.2 Å². The second-order valence-corrected chi connectivity index (χ2v) is 6.89. The normalized spacial score (nSPS) is 10.2. The lowest BCUT2D eigenvalue weighted by molar-refractivity contribution is 0.0955. The van der Waals surface area contributed by atoms with E-state index in [0.29, 0.717) is 22.9 Å². The molecule has 0 fully saturated rings.